The Balaban J connectivity index is 0.00000144. The number of likely N-dealkylation sites (N-methyl/N-ethyl adjacent to an activating group) is 1. The molecule has 1 saturated heterocycles. The van der Waals surface area contributed by atoms with Crippen molar-refractivity contribution in [3.8, 4) is 0 Å². The Hall–Kier alpha value is -0.720. The number of aromatic nitrogens is 2. The Kier molecular flexibility index (Phi) is 8.09. The minimum Gasteiger partial charge on any atom is -0.341 e. The zero-order valence-electron chi connectivity index (χ0n) is 13.2. The van der Waals surface area contributed by atoms with Crippen LogP contribution in [0.4, 0.5) is 0 Å². The molecule has 3 heterocycles. The van der Waals surface area contributed by atoms with Gasteiger partial charge in [0.1, 0.15) is 0 Å². The Bertz CT molecular complexity index is 706. The summed E-state index contributed by atoms with van der Waals surface area (Å²) >= 11 is 12.1. The third-order valence-corrected chi connectivity index (χ3v) is 4.52. The van der Waals surface area contributed by atoms with E-state index in [1.165, 1.54) is 0 Å². The Morgan fingerprint density at radius 2 is 2.12 bits per heavy atom. The number of carbonyl (C=O) groups is 1. The molecule has 24 heavy (non-hydrogen) atoms. The summed E-state index contributed by atoms with van der Waals surface area (Å²) in [6, 6.07) is 2.03. The molecule has 1 N–H and O–H groups in total. The molecule has 0 bridgehead atoms. The summed E-state index contributed by atoms with van der Waals surface area (Å²) in [7, 11) is 1.94. The minimum atomic E-state index is 0. The molecule has 1 aliphatic heterocycles. The number of hydrogen-bond acceptors (Lipinski definition) is 3. The molecule has 3 rings (SSSR count). The summed E-state index contributed by atoms with van der Waals surface area (Å²) < 4.78 is 1.76. The molecule has 0 saturated carbocycles. The second kappa shape index (κ2) is 9.11. The van der Waals surface area contributed by atoms with Crippen LogP contribution < -0.4 is 5.32 Å². The first-order valence-electron chi connectivity index (χ1n) is 7.34. The molecule has 0 radical (unpaired) electrons. The van der Waals surface area contributed by atoms with Crippen molar-refractivity contribution in [2.24, 2.45) is 0 Å². The Labute approximate surface area is 163 Å². The SMILES string of the molecule is CNC1CCCN(C(=O)Cc2cn3cc(Cl)cc(Cl)c3n2)C1.Cl.Cl. The van der Waals surface area contributed by atoms with E-state index in [-0.39, 0.29) is 37.1 Å². The number of piperidine rings is 1. The molecular weight excluding hydrogens is 394 g/mol. The van der Waals surface area contributed by atoms with Crippen molar-refractivity contribution in [1.82, 2.24) is 19.6 Å². The largest absolute Gasteiger partial charge is 0.341 e. The highest BCUT2D eigenvalue weighted by atomic mass is 35.5. The predicted octanol–water partition coefficient (Wildman–Crippen LogP) is 3.24. The van der Waals surface area contributed by atoms with Crippen LogP contribution in [0, 0.1) is 0 Å². The van der Waals surface area contributed by atoms with Gasteiger partial charge in [-0.2, -0.15) is 0 Å². The van der Waals surface area contributed by atoms with Crippen LogP contribution in [0.5, 0.6) is 0 Å². The van der Waals surface area contributed by atoms with E-state index >= 15 is 0 Å². The number of imidazole rings is 1. The summed E-state index contributed by atoms with van der Waals surface area (Å²) in [5, 5.41) is 4.27. The average molecular weight is 414 g/mol. The molecule has 5 nitrogen and oxygen atoms in total. The van der Waals surface area contributed by atoms with Gasteiger partial charge in [-0.05, 0) is 26.0 Å². The van der Waals surface area contributed by atoms with Crippen molar-refractivity contribution in [2.45, 2.75) is 25.3 Å². The molecule has 2 aromatic rings. The Morgan fingerprint density at radius 3 is 2.83 bits per heavy atom. The molecule has 2 aromatic heterocycles. The van der Waals surface area contributed by atoms with Gasteiger partial charge in [-0.25, -0.2) is 4.98 Å². The third-order valence-electron chi connectivity index (χ3n) is 4.04. The number of halogens is 4. The number of rotatable bonds is 3. The van der Waals surface area contributed by atoms with Crippen LogP contribution in [-0.4, -0.2) is 46.4 Å². The summed E-state index contributed by atoms with van der Waals surface area (Å²) in [5.74, 6) is 0.102. The molecular formula is C15H20Cl4N4O. The van der Waals surface area contributed by atoms with Crippen LogP contribution in [0.3, 0.4) is 0 Å². The molecule has 0 aromatic carbocycles. The van der Waals surface area contributed by atoms with Crippen molar-refractivity contribution >= 4 is 59.6 Å². The molecule has 0 spiro atoms. The molecule has 1 unspecified atom stereocenters. The van der Waals surface area contributed by atoms with Gasteiger partial charge in [0.15, 0.2) is 5.65 Å². The predicted molar refractivity (Wildman–Crippen MR) is 102 cm³/mol. The summed E-state index contributed by atoms with van der Waals surface area (Å²) in [4.78, 5) is 18.8. The Morgan fingerprint density at radius 1 is 1.38 bits per heavy atom. The van der Waals surface area contributed by atoms with E-state index in [4.69, 9.17) is 23.2 Å². The quantitative estimate of drug-likeness (QED) is 0.840. The first kappa shape index (κ1) is 21.3. The summed E-state index contributed by atoms with van der Waals surface area (Å²) in [5.41, 5.74) is 1.33. The number of nitrogens with zero attached hydrogens (tertiary/aromatic N) is 3. The van der Waals surface area contributed by atoms with Crippen molar-refractivity contribution in [2.75, 3.05) is 20.1 Å². The average Bonchev–Trinajstić information content (AvgIpc) is 2.90. The second-order valence-electron chi connectivity index (χ2n) is 5.61. The highest BCUT2D eigenvalue weighted by Crippen LogP contribution is 2.22. The van der Waals surface area contributed by atoms with Crippen LogP contribution in [0.2, 0.25) is 10.0 Å². The maximum absolute atomic E-state index is 12.4. The first-order valence-corrected chi connectivity index (χ1v) is 8.10. The lowest BCUT2D eigenvalue weighted by Crippen LogP contribution is -2.47. The second-order valence-corrected chi connectivity index (χ2v) is 6.46. The fraction of sp³-hybridized carbons (Fsp3) is 0.467. The summed E-state index contributed by atoms with van der Waals surface area (Å²) in [6.07, 6.45) is 5.98. The van der Waals surface area contributed by atoms with Crippen molar-refractivity contribution in [1.29, 1.82) is 0 Å². The first-order chi connectivity index (χ1) is 10.6. The van der Waals surface area contributed by atoms with Crippen LogP contribution in [0.25, 0.3) is 5.65 Å². The zero-order chi connectivity index (χ0) is 15.7. The van der Waals surface area contributed by atoms with Gasteiger partial charge < -0.3 is 14.6 Å². The van der Waals surface area contributed by atoms with Gasteiger partial charge in [0.2, 0.25) is 5.91 Å². The van der Waals surface area contributed by atoms with Crippen molar-refractivity contribution < 1.29 is 4.79 Å². The highest BCUT2D eigenvalue weighted by molar-refractivity contribution is 6.36. The monoisotopic (exact) mass is 412 g/mol. The van der Waals surface area contributed by atoms with Crippen molar-refractivity contribution in [3.05, 3.63) is 34.2 Å². The van der Waals surface area contributed by atoms with Crippen LogP contribution >= 0.6 is 48.0 Å². The maximum Gasteiger partial charge on any atom is 0.228 e. The molecule has 1 aliphatic rings. The van der Waals surface area contributed by atoms with Crippen LogP contribution in [0.15, 0.2) is 18.5 Å². The number of pyridine rings is 1. The standard InChI is InChI=1S/C15H18Cl2N4O.2ClH/c1-18-11-3-2-4-20(8-11)14(22)6-12-9-21-7-10(16)5-13(17)15(21)19-12;;/h5,7,9,11,18H,2-4,6,8H2,1H3;2*1H. The van der Waals surface area contributed by atoms with Gasteiger partial charge in [0.25, 0.3) is 0 Å². The molecule has 1 amide bonds. The fourth-order valence-electron chi connectivity index (χ4n) is 2.87. The van der Waals surface area contributed by atoms with Gasteiger partial charge in [-0.3, -0.25) is 4.79 Å². The van der Waals surface area contributed by atoms with E-state index in [0.29, 0.717) is 27.4 Å². The fourth-order valence-corrected chi connectivity index (χ4v) is 3.39. The lowest BCUT2D eigenvalue weighted by molar-refractivity contribution is -0.131. The van der Waals surface area contributed by atoms with Crippen molar-refractivity contribution in [3.63, 3.8) is 0 Å². The van der Waals surface area contributed by atoms with Crippen LogP contribution in [0.1, 0.15) is 18.5 Å². The molecule has 1 fully saturated rings. The van der Waals surface area contributed by atoms with Gasteiger partial charge in [0.05, 0.1) is 22.2 Å². The molecule has 0 aliphatic carbocycles. The minimum absolute atomic E-state index is 0. The van der Waals surface area contributed by atoms with E-state index in [1.807, 2.05) is 18.1 Å². The number of nitrogens with one attached hydrogen (secondary N) is 1. The van der Waals surface area contributed by atoms with Gasteiger partial charge >= 0.3 is 0 Å². The number of fused-ring (bicyclic) bond motifs is 1. The molecule has 1 atom stereocenters. The molecule has 134 valence electrons. The highest BCUT2D eigenvalue weighted by Gasteiger charge is 2.23. The maximum atomic E-state index is 12.4. The van der Waals surface area contributed by atoms with Gasteiger partial charge in [-0.15, -0.1) is 24.8 Å². The van der Waals surface area contributed by atoms with Gasteiger partial charge in [0, 0.05) is 31.5 Å². The third kappa shape index (κ3) is 4.67. The lowest BCUT2D eigenvalue weighted by Gasteiger charge is -2.32. The lowest BCUT2D eigenvalue weighted by atomic mass is 10.1. The van der Waals surface area contributed by atoms with Gasteiger partial charge in [-0.1, -0.05) is 23.2 Å². The zero-order valence-corrected chi connectivity index (χ0v) is 16.3. The van der Waals surface area contributed by atoms with E-state index in [1.54, 1.807) is 16.7 Å². The normalized spacial score (nSPS) is 17.3. The van der Waals surface area contributed by atoms with E-state index in [2.05, 4.69) is 10.3 Å². The van der Waals surface area contributed by atoms with Crippen LogP contribution in [-0.2, 0) is 11.2 Å². The number of amides is 1. The summed E-state index contributed by atoms with van der Waals surface area (Å²) in [6.45, 7) is 1.58. The number of carbonyl (C=O) groups excluding carboxylic acids is 1. The topological polar surface area (TPSA) is 49.6 Å². The number of likely N-dealkylation sites (tertiary alicyclic amines) is 1. The molecule has 9 heteroatoms. The smallest absolute Gasteiger partial charge is 0.228 e. The van der Waals surface area contributed by atoms with E-state index in [9.17, 15) is 4.79 Å². The van der Waals surface area contributed by atoms with E-state index in [0.717, 1.165) is 25.9 Å². The number of hydrogen-bond donors (Lipinski definition) is 1. The van der Waals surface area contributed by atoms with E-state index < -0.39 is 0 Å².